The number of anilines is 2. The van der Waals surface area contributed by atoms with Crippen LogP contribution in [0, 0.1) is 0 Å². The fourth-order valence-electron chi connectivity index (χ4n) is 3.10. The van der Waals surface area contributed by atoms with Gasteiger partial charge in [0.1, 0.15) is 5.75 Å². The fraction of sp³-hybridized carbons (Fsp3) is 0.381. The van der Waals surface area contributed by atoms with Crippen molar-refractivity contribution < 1.29 is 9.53 Å². The molecule has 26 heavy (non-hydrogen) atoms. The number of nitrogens with zero attached hydrogens (tertiary/aromatic N) is 2. The van der Waals surface area contributed by atoms with Gasteiger partial charge >= 0.3 is 0 Å². The Kier molecular flexibility index (Phi) is 6.12. The largest absolute Gasteiger partial charge is 0.481 e. The van der Waals surface area contributed by atoms with Crippen LogP contribution in [0.3, 0.4) is 0 Å². The van der Waals surface area contributed by atoms with Gasteiger partial charge in [0.05, 0.1) is 11.4 Å². The maximum Gasteiger partial charge on any atom is 0.265 e. The predicted molar refractivity (Wildman–Crippen MR) is 106 cm³/mol. The lowest BCUT2D eigenvalue weighted by Gasteiger charge is -2.35. The molecule has 2 aromatic rings. The van der Waals surface area contributed by atoms with E-state index >= 15 is 0 Å². The van der Waals surface area contributed by atoms with Crippen molar-refractivity contribution in [3.8, 4) is 5.75 Å². The number of para-hydroxylation sites is 3. The van der Waals surface area contributed by atoms with E-state index < -0.39 is 6.10 Å². The zero-order chi connectivity index (χ0) is 18.4. The van der Waals surface area contributed by atoms with Crippen LogP contribution in [0.5, 0.6) is 5.75 Å². The molecular formula is C21H27N3O2. The van der Waals surface area contributed by atoms with Gasteiger partial charge in [0.25, 0.3) is 5.91 Å². The molecule has 1 aliphatic heterocycles. The normalized spacial score (nSPS) is 16.2. The van der Waals surface area contributed by atoms with Crippen LogP contribution in [0.2, 0.25) is 0 Å². The lowest BCUT2D eigenvalue weighted by atomic mass is 10.2. The van der Waals surface area contributed by atoms with Gasteiger partial charge in [-0.1, -0.05) is 37.3 Å². The number of carbonyl (C=O) groups is 1. The molecule has 1 atom stereocenters. The number of hydrogen-bond donors (Lipinski definition) is 1. The van der Waals surface area contributed by atoms with Crippen molar-refractivity contribution in [3.63, 3.8) is 0 Å². The summed E-state index contributed by atoms with van der Waals surface area (Å²) < 4.78 is 5.86. The van der Waals surface area contributed by atoms with Crippen LogP contribution in [0.1, 0.15) is 13.3 Å². The van der Waals surface area contributed by atoms with Gasteiger partial charge in [0.2, 0.25) is 0 Å². The lowest BCUT2D eigenvalue weighted by molar-refractivity contribution is -0.122. The SMILES string of the molecule is CCC(Oc1ccccc1)C(=O)Nc1ccccc1N1CCN(C)CC1. The molecule has 5 heteroatoms. The van der Waals surface area contributed by atoms with E-state index in [0.29, 0.717) is 12.2 Å². The summed E-state index contributed by atoms with van der Waals surface area (Å²) in [6.45, 7) is 5.93. The number of nitrogens with one attached hydrogen (secondary N) is 1. The van der Waals surface area contributed by atoms with Crippen LogP contribution >= 0.6 is 0 Å². The third-order valence-electron chi connectivity index (χ3n) is 4.69. The van der Waals surface area contributed by atoms with Crippen molar-refractivity contribution in [1.82, 2.24) is 4.90 Å². The number of ether oxygens (including phenoxy) is 1. The topological polar surface area (TPSA) is 44.8 Å². The molecule has 0 aliphatic carbocycles. The highest BCUT2D eigenvalue weighted by atomic mass is 16.5. The maximum atomic E-state index is 12.8. The number of hydrogen-bond acceptors (Lipinski definition) is 4. The molecule has 0 bridgehead atoms. The summed E-state index contributed by atoms with van der Waals surface area (Å²) >= 11 is 0. The Hall–Kier alpha value is -2.53. The van der Waals surface area contributed by atoms with E-state index in [1.807, 2.05) is 55.5 Å². The summed E-state index contributed by atoms with van der Waals surface area (Å²) in [5, 5.41) is 3.07. The molecule has 3 rings (SSSR count). The summed E-state index contributed by atoms with van der Waals surface area (Å²) in [5.74, 6) is 0.597. The minimum atomic E-state index is -0.516. The minimum absolute atomic E-state index is 0.113. The minimum Gasteiger partial charge on any atom is -0.481 e. The highest BCUT2D eigenvalue weighted by Gasteiger charge is 2.22. The quantitative estimate of drug-likeness (QED) is 0.866. The number of amides is 1. The highest BCUT2D eigenvalue weighted by Crippen LogP contribution is 2.27. The molecule has 1 heterocycles. The Bertz CT molecular complexity index is 712. The van der Waals surface area contributed by atoms with Crippen LogP contribution in [-0.2, 0) is 4.79 Å². The van der Waals surface area contributed by atoms with E-state index in [0.717, 1.165) is 37.6 Å². The molecule has 0 saturated carbocycles. The zero-order valence-corrected chi connectivity index (χ0v) is 15.5. The monoisotopic (exact) mass is 353 g/mol. The molecule has 5 nitrogen and oxygen atoms in total. The second-order valence-electron chi connectivity index (χ2n) is 6.62. The van der Waals surface area contributed by atoms with Crippen LogP contribution in [-0.4, -0.2) is 50.1 Å². The van der Waals surface area contributed by atoms with Crippen LogP contribution in [0.25, 0.3) is 0 Å². The Morgan fingerprint density at radius 2 is 1.69 bits per heavy atom. The molecule has 1 aliphatic rings. The Labute approximate surface area is 155 Å². The van der Waals surface area contributed by atoms with Gasteiger partial charge in [0.15, 0.2) is 6.10 Å². The molecule has 0 radical (unpaired) electrons. The molecule has 1 fully saturated rings. The second-order valence-corrected chi connectivity index (χ2v) is 6.62. The zero-order valence-electron chi connectivity index (χ0n) is 15.5. The van der Waals surface area contributed by atoms with Gasteiger partial charge in [-0.05, 0) is 37.7 Å². The standard InChI is InChI=1S/C21H27N3O2/c1-3-20(26-17-9-5-4-6-10-17)21(25)22-18-11-7-8-12-19(18)24-15-13-23(2)14-16-24/h4-12,20H,3,13-16H2,1-2H3,(H,22,25). The number of carbonyl (C=O) groups excluding carboxylic acids is 1. The van der Waals surface area contributed by atoms with Crippen molar-refractivity contribution in [2.45, 2.75) is 19.4 Å². The van der Waals surface area contributed by atoms with Crippen LogP contribution < -0.4 is 15.0 Å². The van der Waals surface area contributed by atoms with E-state index in [1.54, 1.807) is 0 Å². The maximum absolute atomic E-state index is 12.8. The first-order valence-corrected chi connectivity index (χ1v) is 9.22. The van der Waals surface area contributed by atoms with Gasteiger partial charge in [-0.15, -0.1) is 0 Å². The average Bonchev–Trinajstić information content (AvgIpc) is 2.68. The summed E-state index contributed by atoms with van der Waals surface area (Å²) in [4.78, 5) is 17.4. The van der Waals surface area contributed by atoms with E-state index in [1.165, 1.54) is 0 Å². The number of benzene rings is 2. The van der Waals surface area contributed by atoms with Gasteiger partial charge in [-0.2, -0.15) is 0 Å². The number of piperazine rings is 1. The van der Waals surface area contributed by atoms with Gasteiger partial charge in [-0.25, -0.2) is 0 Å². The van der Waals surface area contributed by atoms with E-state index in [4.69, 9.17) is 4.74 Å². The smallest absolute Gasteiger partial charge is 0.265 e. The summed E-state index contributed by atoms with van der Waals surface area (Å²) in [7, 11) is 2.14. The van der Waals surface area contributed by atoms with E-state index in [2.05, 4.69) is 28.2 Å². The Morgan fingerprint density at radius 1 is 1.04 bits per heavy atom. The van der Waals surface area contributed by atoms with Gasteiger partial charge in [-0.3, -0.25) is 4.79 Å². The van der Waals surface area contributed by atoms with Crippen molar-refractivity contribution in [2.24, 2.45) is 0 Å². The molecular weight excluding hydrogens is 326 g/mol. The molecule has 0 aromatic heterocycles. The molecule has 138 valence electrons. The van der Waals surface area contributed by atoms with Crippen molar-refractivity contribution >= 4 is 17.3 Å². The molecule has 1 saturated heterocycles. The molecule has 1 amide bonds. The van der Waals surface area contributed by atoms with Gasteiger partial charge in [0, 0.05) is 26.2 Å². The molecule has 2 aromatic carbocycles. The molecule has 1 N–H and O–H groups in total. The first kappa shape index (κ1) is 18.3. The Morgan fingerprint density at radius 3 is 2.38 bits per heavy atom. The lowest BCUT2D eigenvalue weighted by Crippen LogP contribution is -2.45. The average molecular weight is 353 g/mol. The van der Waals surface area contributed by atoms with Crippen molar-refractivity contribution in [1.29, 1.82) is 0 Å². The van der Waals surface area contributed by atoms with E-state index in [9.17, 15) is 4.79 Å². The van der Waals surface area contributed by atoms with Crippen LogP contribution in [0.4, 0.5) is 11.4 Å². The summed E-state index contributed by atoms with van der Waals surface area (Å²) in [6.07, 6.45) is 0.0927. The van der Waals surface area contributed by atoms with Crippen LogP contribution in [0.15, 0.2) is 54.6 Å². The first-order valence-electron chi connectivity index (χ1n) is 9.22. The second kappa shape index (κ2) is 8.72. The molecule has 1 unspecified atom stereocenters. The third-order valence-corrected chi connectivity index (χ3v) is 4.69. The third kappa shape index (κ3) is 4.55. The Balaban J connectivity index is 1.70. The fourth-order valence-corrected chi connectivity index (χ4v) is 3.10. The van der Waals surface area contributed by atoms with Crippen molar-refractivity contribution in [3.05, 3.63) is 54.6 Å². The highest BCUT2D eigenvalue weighted by molar-refractivity contribution is 5.97. The van der Waals surface area contributed by atoms with Crippen molar-refractivity contribution in [2.75, 3.05) is 43.4 Å². The predicted octanol–water partition coefficient (Wildman–Crippen LogP) is 3.23. The summed E-state index contributed by atoms with van der Waals surface area (Å²) in [5.41, 5.74) is 1.92. The van der Waals surface area contributed by atoms with Gasteiger partial charge < -0.3 is 19.9 Å². The first-order chi connectivity index (χ1) is 12.7. The number of rotatable bonds is 6. The number of likely N-dealkylation sites (N-methyl/N-ethyl adjacent to an activating group) is 1. The summed E-state index contributed by atoms with van der Waals surface area (Å²) in [6, 6.07) is 17.5. The van der Waals surface area contributed by atoms with E-state index in [-0.39, 0.29) is 5.91 Å². The molecule has 0 spiro atoms.